The first-order valence-electron chi connectivity index (χ1n) is 8.91. The second kappa shape index (κ2) is 9.52. The van der Waals surface area contributed by atoms with Gasteiger partial charge in [0.2, 0.25) is 5.91 Å². The molecule has 2 heterocycles. The number of hydrogen-bond donors (Lipinski definition) is 0. The Morgan fingerprint density at radius 3 is 2.52 bits per heavy atom. The summed E-state index contributed by atoms with van der Waals surface area (Å²) >= 11 is 1.12. The van der Waals surface area contributed by atoms with Gasteiger partial charge in [-0.15, -0.1) is 11.3 Å². The quantitative estimate of drug-likeness (QED) is 0.703. The van der Waals surface area contributed by atoms with E-state index in [1.54, 1.807) is 21.2 Å². The van der Waals surface area contributed by atoms with Crippen molar-refractivity contribution in [2.45, 2.75) is 24.5 Å². The third-order valence-electron chi connectivity index (χ3n) is 4.16. The average Bonchev–Trinajstić information content (AvgIpc) is 3.05. The fourth-order valence-electron chi connectivity index (χ4n) is 2.62. The Morgan fingerprint density at radius 1 is 1.22 bits per heavy atom. The van der Waals surface area contributed by atoms with Crippen LogP contribution in [0.1, 0.15) is 20.3 Å². The monoisotopic (exact) mass is 417 g/mol. The van der Waals surface area contributed by atoms with Crippen LogP contribution in [0.3, 0.4) is 0 Å². The van der Waals surface area contributed by atoms with Crippen LogP contribution in [0.15, 0.2) is 21.7 Å². The van der Waals surface area contributed by atoms with Gasteiger partial charge < -0.3 is 14.5 Å². The molecule has 0 saturated carbocycles. The van der Waals surface area contributed by atoms with Crippen molar-refractivity contribution >= 4 is 33.4 Å². The van der Waals surface area contributed by atoms with Gasteiger partial charge in [-0.3, -0.25) is 4.79 Å². The van der Waals surface area contributed by atoms with Crippen LogP contribution in [0.4, 0.5) is 4.79 Å². The molecule has 27 heavy (non-hydrogen) atoms. The van der Waals surface area contributed by atoms with Crippen LogP contribution in [0, 0.1) is 5.92 Å². The van der Waals surface area contributed by atoms with E-state index in [2.05, 4.69) is 0 Å². The van der Waals surface area contributed by atoms with E-state index in [0.29, 0.717) is 39.2 Å². The van der Waals surface area contributed by atoms with E-state index in [-0.39, 0.29) is 28.7 Å². The van der Waals surface area contributed by atoms with Crippen molar-refractivity contribution in [2.24, 2.45) is 5.92 Å². The Morgan fingerprint density at radius 2 is 1.89 bits per heavy atom. The van der Waals surface area contributed by atoms with E-state index in [1.807, 2.05) is 13.8 Å². The molecule has 10 heteroatoms. The SMILES string of the molecule is CC(C)COC(=O)N1CCCN(C(=O)CN(C)S(=O)(=O)c2cccs2)CC1. The average molecular weight is 418 g/mol. The highest BCUT2D eigenvalue weighted by Crippen LogP contribution is 2.19. The molecule has 0 N–H and O–H groups in total. The maximum atomic E-state index is 12.6. The van der Waals surface area contributed by atoms with Gasteiger partial charge >= 0.3 is 6.09 Å². The minimum Gasteiger partial charge on any atom is -0.449 e. The van der Waals surface area contributed by atoms with Crippen molar-refractivity contribution in [3.05, 3.63) is 17.5 Å². The lowest BCUT2D eigenvalue weighted by molar-refractivity contribution is -0.131. The van der Waals surface area contributed by atoms with Crippen LogP contribution in [0.5, 0.6) is 0 Å². The molecule has 1 aliphatic heterocycles. The lowest BCUT2D eigenvalue weighted by atomic mass is 10.2. The van der Waals surface area contributed by atoms with E-state index in [1.165, 1.54) is 13.1 Å². The molecular formula is C17H27N3O5S2. The first kappa shape index (κ1) is 21.6. The second-order valence-corrected chi connectivity index (χ2v) is 10.1. The highest BCUT2D eigenvalue weighted by Gasteiger charge is 2.28. The topological polar surface area (TPSA) is 87.2 Å². The lowest BCUT2D eigenvalue weighted by Gasteiger charge is -2.24. The number of sulfonamides is 1. The summed E-state index contributed by atoms with van der Waals surface area (Å²) in [6, 6.07) is 3.18. The van der Waals surface area contributed by atoms with E-state index < -0.39 is 10.0 Å². The molecule has 152 valence electrons. The van der Waals surface area contributed by atoms with Gasteiger partial charge in [0.1, 0.15) is 4.21 Å². The van der Waals surface area contributed by atoms with E-state index in [9.17, 15) is 18.0 Å². The molecule has 0 atom stereocenters. The summed E-state index contributed by atoms with van der Waals surface area (Å²) < 4.78 is 31.4. The van der Waals surface area contributed by atoms with Gasteiger partial charge in [-0.1, -0.05) is 19.9 Å². The third-order valence-corrected chi connectivity index (χ3v) is 7.34. The minimum absolute atomic E-state index is 0.215. The van der Waals surface area contributed by atoms with Crippen LogP contribution in [-0.2, 0) is 19.6 Å². The summed E-state index contributed by atoms with van der Waals surface area (Å²) in [6.07, 6.45) is 0.263. The number of rotatable bonds is 6. The normalized spacial score (nSPS) is 15.9. The van der Waals surface area contributed by atoms with Crippen molar-refractivity contribution < 1.29 is 22.7 Å². The van der Waals surface area contributed by atoms with Gasteiger partial charge in [0.25, 0.3) is 10.0 Å². The molecule has 1 aliphatic rings. The molecule has 0 bridgehead atoms. The number of thiophene rings is 1. The summed E-state index contributed by atoms with van der Waals surface area (Å²) in [4.78, 5) is 27.9. The number of nitrogens with zero attached hydrogens (tertiary/aromatic N) is 3. The molecule has 0 unspecified atom stereocenters. The number of carbonyl (C=O) groups is 2. The van der Waals surface area contributed by atoms with Crippen molar-refractivity contribution in [1.29, 1.82) is 0 Å². The van der Waals surface area contributed by atoms with E-state index in [4.69, 9.17) is 4.74 Å². The summed E-state index contributed by atoms with van der Waals surface area (Å²) in [6.45, 7) is 5.82. The molecule has 1 fully saturated rings. The largest absolute Gasteiger partial charge is 0.449 e. The van der Waals surface area contributed by atoms with Gasteiger partial charge in [0.05, 0.1) is 13.2 Å². The summed E-state index contributed by atoms with van der Waals surface area (Å²) in [5, 5.41) is 1.68. The molecule has 0 aliphatic carbocycles. The zero-order chi connectivity index (χ0) is 20.0. The van der Waals surface area contributed by atoms with Crippen LogP contribution in [0.25, 0.3) is 0 Å². The Bertz CT molecular complexity index is 734. The maximum Gasteiger partial charge on any atom is 0.409 e. The maximum absolute atomic E-state index is 12.6. The van der Waals surface area contributed by atoms with Gasteiger partial charge in [0.15, 0.2) is 0 Å². The number of carbonyl (C=O) groups excluding carboxylic acids is 2. The van der Waals surface area contributed by atoms with Crippen molar-refractivity contribution in [3.63, 3.8) is 0 Å². The number of hydrogen-bond acceptors (Lipinski definition) is 6. The fraction of sp³-hybridized carbons (Fsp3) is 0.647. The molecule has 1 saturated heterocycles. The molecule has 1 aromatic rings. The summed E-state index contributed by atoms with van der Waals surface area (Å²) in [7, 11) is -2.26. The Hall–Kier alpha value is -1.65. The first-order valence-corrected chi connectivity index (χ1v) is 11.2. The predicted molar refractivity (Wildman–Crippen MR) is 103 cm³/mol. The highest BCUT2D eigenvalue weighted by atomic mass is 32.2. The van der Waals surface area contributed by atoms with Crippen molar-refractivity contribution in [3.8, 4) is 0 Å². The highest BCUT2D eigenvalue weighted by molar-refractivity contribution is 7.91. The summed E-state index contributed by atoms with van der Waals surface area (Å²) in [5.74, 6) is -0.00475. The third kappa shape index (κ3) is 5.91. The first-order chi connectivity index (χ1) is 12.7. The smallest absolute Gasteiger partial charge is 0.409 e. The molecule has 0 spiro atoms. The minimum atomic E-state index is -3.66. The molecule has 2 rings (SSSR count). The van der Waals surface area contributed by atoms with Crippen molar-refractivity contribution in [2.75, 3.05) is 46.4 Å². The fourth-order valence-corrected chi connectivity index (χ4v) is 4.94. The van der Waals surface area contributed by atoms with Crippen LogP contribution in [0.2, 0.25) is 0 Å². The summed E-state index contributed by atoms with van der Waals surface area (Å²) in [5.41, 5.74) is 0. The van der Waals surface area contributed by atoms with Crippen molar-refractivity contribution in [1.82, 2.24) is 14.1 Å². The van der Waals surface area contributed by atoms with Gasteiger partial charge in [0, 0.05) is 33.2 Å². The lowest BCUT2D eigenvalue weighted by Crippen LogP contribution is -2.43. The molecule has 0 radical (unpaired) electrons. The Labute approximate surface area is 164 Å². The second-order valence-electron chi connectivity index (χ2n) is 6.89. The van der Waals surface area contributed by atoms with Gasteiger partial charge in [-0.2, -0.15) is 4.31 Å². The van der Waals surface area contributed by atoms with Crippen LogP contribution < -0.4 is 0 Å². The molecule has 8 nitrogen and oxygen atoms in total. The number of likely N-dealkylation sites (N-methyl/N-ethyl adjacent to an activating group) is 1. The Balaban J connectivity index is 1.89. The molecule has 2 amide bonds. The molecular weight excluding hydrogens is 390 g/mol. The van der Waals surface area contributed by atoms with Gasteiger partial charge in [-0.25, -0.2) is 13.2 Å². The zero-order valence-electron chi connectivity index (χ0n) is 16.0. The standard InChI is InChI=1S/C17H27N3O5S2/c1-14(2)13-25-17(22)20-8-5-7-19(9-10-20)15(21)12-18(3)27(23,24)16-6-4-11-26-16/h4,6,11,14H,5,7-10,12-13H2,1-3H3. The zero-order valence-corrected chi connectivity index (χ0v) is 17.6. The van der Waals surface area contributed by atoms with Gasteiger partial charge in [-0.05, 0) is 23.8 Å². The number of amides is 2. The Kier molecular flexibility index (Phi) is 7.63. The van der Waals surface area contributed by atoms with E-state index in [0.717, 1.165) is 15.6 Å². The predicted octanol–water partition coefficient (Wildman–Crippen LogP) is 1.70. The molecule has 0 aromatic carbocycles. The van der Waals surface area contributed by atoms with E-state index >= 15 is 0 Å². The van der Waals surface area contributed by atoms with Crippen LogP contribution >= 0.6 is 11.3 Å². The number of ether oxygens (including phenoxy) is 1. The molecule has 1 aromatic heterocycles. The van der Waals surface area contributed by atoms with Crippen LogP contribution in [-0.4, -0.2) is 80.9 Å².